The molecule has 0 spiro atoms. The lowest BCUT2D eigenvalue weighted by molar-refractivity contribution is -0.146. The predicted molar refractivity (Wildman–Crippen MR) is 64.2 cm³/mol. The third-order valence-electron chi connectivity index (χ3n) is 3.22. The second-order valence-corrected chi connectivity index (χ2v) is 4.35. The van der Waals surface area contributed by atoms with Crippen LogP contribution in [0.4, 0.5) is 4.39 Å². The van der Waals surface area contributed by atoms with E-state index in [2.05, 4.69) is 0 Å². The van der Waals surface area contributed by atoms with Crippen molar-refractivity contribution in [3.63, 3.8) is 0 Å². The fourth-order valence-corrected chi connectivity index (χ4v) is 2.21. The lowest BCUT2D eigenvalue weighted by Crippen LogP contribution is -2.38. The normalized spacial score (nSPS) is 18.7. The number of ether oxygens (including phenoxy) is 1. The Labute approximate surface area is 109 Å². The first-order chi connectivity index (χ1) is 9.04. The Bertz CT molecular complexity index is 517. The predicted octanol–water partition coefficient (Wildman–Crippen LogP) is 1.41. The maximum Gasteiger partial charge on any atom is 0.326 e. The van der Waals surface area contributed by atoms with Crippen LogP contribution in [0.5, 0.6) is 5.75 Å². The molecule has 102 valence electrons. The number of methoxy groups -OCH3 is 1. The lowest BCUT2D eigenvalue weighted by Gasteiger charge is -2.22. The Balaban J connectivity index is 2.25. The van der Waals surface area contributed by atoms with E-state index >= 15 is 0 Å². The van der Waals surface area contributed by atoms with E-state index in [4.69, 9.17) is 9.84 Å². The van der Waals surface area contributed by atoms with Crippen LogP contribution in [0.25, 0.3) is 0 Å². The second-order valence-electron chi connectivity index (χ2n) is 4.35. The summed E-state index contributed by atoms with van der Waals surface area (Å²) in [6.07, 6.45) is 0.447. The summed E-state index contributed by atoms with van der Waals surface area (Å²) in [7, 11) is 1.35. The third-order valence-corrected chi connectivity index (χ3v) is 3.22. The van der Waals surface area contributed by atoms with Crippen LogP contribution in [0.1, 0.15) is 18.4 Å². The van der Waals surface area contributed by atoms with Gasteiger partial charge in [-0.15, -0.1) is 0 Å². The van der Waals surface area contributed by atoms with Crippen molar-refractivity contribution in [2.75, 3.05) is 7.11 Å². The van der Waals surface area contributed by atoms with Crippen molar-refractivity contribution in [3.8, 4) is 5.75 Å². The standard InChI is InChI=1S/C13H14FNO4/c1-19-10-4-2-3-8(12(10)14)7-15-9(13(17)18)5-6-11(15)16/h2-4,9H,5-7H2,1H3,(H,17,18). The first kappa shape index (κ1) is 13.3. The molecular weight excluding hydrogens is 253 g/mol. The molecule has 1 aromatic rings. The molecule has 0 aromatic heterocycles. The minimum Gasteiger partial charge on any atom is -0.494 e. The number of nitrogens with zero attached hydrogens (tertiary/aromatic N) is 1. The van der Waals surface area contributed by atoms with Gasteiger partial charge in [-0.05, 0) is 12.5 Å². The van der Waals surface area contributed by atoms with E-state index in [1.165, 1.54) is 24.1 Å². The second kappa shape index (κ2) is 5.26. The Morgan fingerprint density at radius 2 is 2.32 bits per heavy atom. The molecule has 1 aliphatic rings. The Morgan fingerprint density at radius 3 is 2.95 bits per heavy atom. The molecule has 1 saturated heterocycles. The van der Waals surface area contributed by atoms with Gasteiger partial charge in [0.1, 0.15) is 6.04 Å². The number of halogens is 1. The van der Waals surface area contributed by atoms with E-state index in [-0.39, 0.29) is 36.6 Å². The monoisotopic (exact) mass is 267 g/mol. The van der Waals surface area contributed by atoms with Crippen molar-refractivity contribution in [1.82, 2.24) is 4.90 Å². The van der Waals surface area contributed by atoms with Crippen LogP contribution in [0.3, 0.4) is 0 Å². The average Bonchev–Trinajstić information content (AvgIpc) is 2.74. The molecule has 5 nitrogen and oxygen atoms in total. The molecule has 1 atom stereocenters. The molecule has 0 radical (unpaired) electrons. The molecule has 1 aromatic carbocycles. The molecule has 1 unspecified atom stereocenters. The molecular formula is C13H14FNO4. The number of carbonyl (C=O) groups is 2. The summed E-state index contributed by atoms with van der Waals surface area (Å²) in [5, 5.41) is 9.04. The number of hydrogen-bond donors (Lipinski definition) is 1. The van der Waals surface area contributed by atoms with E-state index in [0.717, 1.165) is 0 Å². The zero-order valence-corrected chi connectivity index (χ0v) is 10.4. The van der Waals surface area contributed by atoms with Crippen LogP contribution in [0.15, 0.2) is 18.2 Å². The fraction of sp³-hybridized carbons (Fsp3) is 0.385. The summed E-state index contributed by atoms with van der Waals surface area (Å²) in [5.41, 5.74) is 0.251. The zero-order chi connectivity index (χ0) is 14.0. The molecule has 1 fully saturated rings. The fourth-order valence-electron chi connectivity index (χ4n) is 2.21. The largest absolute Gasteiger partial charge is 0.494 e. The van der Waals surface area contributed by atoms with Crippen molar-refractivity contribution in [2.24, 2.45) is 0 Å². The van der Waals surface area contributed by atoms with Crippen LogP contribution in [-0.4, -0.2) is 35.0 Å². The van der Waals surface area contributed by atoms with Crippen molar-refractivity contribution in [3.05, 3.63) is 29.6 Å². The minimum atomic E-state index is -1.06. The maximum atomic E-state index is 14.0. The first-order valence-corrected chi connectivity index (χ1v) is 5.88. The van der Waals surface area contributed by atoms with Crippen LogP contribution in [0, 0.1) is 5.82 Å². The van der Waals surface area contributed by atoms with Gasteiger partial charge in [0.05, 0.1) is 7.11 Å². The van der Waals surface area contributed by atoms with Gasteiger partial charge >= 0.3 is 5.97 Å². The van der Waals surface area contributed by atoms with Gasteiger partial charge in [-0.3, -0.25) is 4.79 Å². The number of carbonyl (C=O) groups excluding carboxylic acids is 1. The van der Waals surface area contributed by atoms with Gasteiger partial charge in [-0.2, -0.15) is 0 Å². The van der Waals surface area contributed by atoms with Crippen LogP contribution >= 0.6 is 0 Å². The number of likely N-dealkylation sites (tertiary alicyclic amines) is 1. The van der Waals surface area contributed by atoms with Crippen LogP contribution < -0.4 is 4.74 Å². The van der Waals surface area contributed by atoms with Gasteiger partial charge in [0, 0.05) is 18.5 Å². The van der Waals surface area contributed by atoms with Crippen LogP contribution in [-0.2, 0) is 16.1 Å². The molecule has 1 N–H and O–H groups in total. The van der Waals surface area contributed by atoms with E-state index in [1.54, 1.807) is 6.07 Å². The molecule has 0 bridgehead atoms. The molecule has 1 aliphatic heterocycles. The van der Waals surface area contributed by atoms with Crippen molar-refractivity contribution >= 4 is 11.9 Å². The number of carboxylic acid groups (broad SMARTS) is 1. The molecule has 1 amide bonds. The Kier molecular flexibility index (Phi) is 3.69. The highest BCUT2D eigenvalue weighted by Crippen LogP contribution is 2.25. The van der Waals surface area contributed by atoms with Gasteiger partial charge in [0.2, 0.25) is 5.91 Å². The van der Waals surface area contributed by atoms with E-state index in [9.17, 15) is 14.0 Å². The van der Waals surface area contributed by atoms with Crippen molar-refractivity contribution < 1.29 is 23.8 Å². The maximum absolute atomic E-state index is 14.0. The molecule has 19 heavy (non-hydrogen) atoms. The highest BCUT2D eigenvalue weighted by Gasteiger charge is 2.36. The summed E-state index contributed by atoms with van der Waals surface area (Å²) in [5.74, 6) is -1.81. The smallest absolute Gasteiger partial charge is 0.326 e. The van der Waals surface area contributed by atoms with Crippen LogP contribution in [0.2, 0.25) is 0 Å². The van der Waals surface area contributed by atoms with Crippen molar-refractivity contribution in [2.45, 2.75) is 25.4 Å². The first-order valence-electron chi connectivity index (χ1n) is 5.88. The molecule has 2 rings (SSSR count). The van der Waals surface area contributed by atoms with Crippen molar-refractivity contribution in [1.29, 1.82) is 0 Å². The highest BCUT2D eigenvalue weighted by molar-refractivity contribution is 5.87. The third kappa shape index (κ3) is 2.52. The van der Waals surface area contributed by atoms with E-state index < -0.39 is 17.8 Å². The lowest BCUT2D eigenvalue weighted by atomic mass is 10.1. The summed E-state index contributed by atoms with van der Waals surface area (Å²) in [6, 6.07) is 3.72. The van der Waals surface area contributed by atoms with Gasteiger partial charge < -0.3 is 14.7 Å². The van der Waals surface area contributed by atoms with Gasteiger partial charge in [-0.1, -0.05) is 12.1 Å². The zero-order valence-electron chi connectivity index (χ0n) is 10.4. The summed E-state index contributed by atoms with van der Waals surface area (Å²) in [4.78, 5) is 23.9. The summed E-state index contributed by atoms with van der Waals surface area (Å²) < 4.78 is 18.8. The Morgan fingerprint density at radius 1 is 1.58 bits per heavy atom. The van der Waals surface area contributed by atoms with E-state index in [0.29, 0.717) is 0 Å². The number of rotatable bonds is 4. The molecule has 1 heterocycles. The quantitative estimate of drug-likeness (QED) is 0.895. The average molecular weight is 267 g/mol. The highest BCUT2D eigenvalue weighted by atomic mass is 19.1. The number of amides is 1. The van der Waals surface area contributed by atoms with Gasteiger partial charge in [0.25, 0.3) is 0 Å². The number of carboxylic acids is 1. The molecule has 0 saturated carbocycles. The minimum absolute atomic E-state index is 0.0567. The Hall–Kier alpha value is -2.11. The van der Waals surface area contributed by atoms with Gasteiger partial charge in [-0.25, -0.2) is 9.18 Å². The summed E-state index contributed by atoms with van der Waals surface area (Å²) in [6.45, 7) is -0.0567. The number of benzene rings is 1. The van der Waals surface area contributed by atoms with E-state index in [1.807, 2.05) is 0 Å². The molecule has 6 heteroatoms. The number of hydrogen-bond acceptors (Lipinski definition) is 3. The number of aliphatic carboxylic acids is 1. The summed E-state index contributed by atoms with van der Waals surface area (Å²) >= 11 is 0. The topological polar surface area (TPSA) is 66.8 Å². The molecule has 0 aliphatic carbocycles. The van der Waals surface area contributed by atoms with Gasteiger partial charge in [0.15, 0.2) is 11.6 Å². The SMILES string of the molecule is COc1cccc(CN2C(=O)CCC2C(=O)O)c1F.